The summed E-state index contributed by atoms with van der Waals surface area (Å²) in [6, 6.07) is 1.41. The fourth-order valence-electron chi connectivity index (χ4n) is 5.82. The van der Waals surface area contributed by atoms with E-state index in [1.165, 1.54) is 12.5 Å². The van der Waals surface area contributed by atoms with Crippen molar-refractivity contribution < 1.29 is 37.3 Å². The van der Waals surface area contributed by atoms with Gasteiger partial charge in [0.15, 0.2) is 9.04 Å². The van der Waals surface area contributed by atoms with Crippen molar-refractivity contribution in [2.24, 2.45) is 11.5 Å². The molecule has 0 aliphatic rings. The van der Waals surface area contributed by atoms with Crippen molar-refractivity contribution in [3.63, 3.8) is 0 Å². The summed E-state index contributed by atoms with van der Waals surface area (Å²) < 4.78 is 58.6. The predicted octanol–water partition coefficient (Wildman–Crippen LogP) is 6.90. The first kappa shape index (κ1) is 50.8. The molecule has 0 aromatic carbocycles. The summed E-state index contributed by atoms with van der Waals surface area (Å²) in [6.45, 7) is 44.2. The summed E-state index contributed by atoms with van der Waals surface area (Å²) in [5, 5.41) is 0. The van der Waals surface area contributed by atoms with Crippen LogP contribution in [0.3, 0.4) is 0 Å². The second kappa shape index (κ2) is 20.8. The maximum atomic E-state index is 6.70. The number of hydrogen-bond donors (Lipinski definition) is 2. The number of rotatable bonds is 23. The van der Waals surface area contributed by atoms with Gasteiger partial charge in [0.1, 0.15) is 0 Å². The molecule has 286 valence electrons. The normalized spacial score (nSPS) is 14.6. The molecular weight excluding hydrogens is 765 g/mol. The lowest BCUT2D eigenvalue weighted by molar-refractivity contribution is 0.220. The van der Waals surface area contributed by atoms with Crippen molar-refractivity contribution in [1.82, 2.24) is 0 Å². The Hall–Kier alpha value is 1.73. The average Bonchev–Trinajstić information content (AvgIpc) is 2.70. The Labute approximate surface area is 303 Å². The maximum absolute atomic E-state index is 6.70. The van der Waals surface area contributed by atoms with E-state index in [1.807, 2.05) is 0 Å². The van der Waals surface area contributed by atoms with Crippen molar-refractivity contribution >= 4 is 86.3 Å². The minimum absolute atomic E-state index is 0.268. The van der Waals surface area contributed by atoms with Gasteiger partial charge < -0.3 is 48.8 Å². The minimum atomic E-state index is -2.63. The van der Waals surface area contributed by atoms with Crippen molar-refractivity contribution in [2.75, 3.05) is 19.7 Å². The lowest BCUT2D eigenvalue weighted by Crippen LogP contribution is -2.61. The summed E-state index contributed by atoms with van der Waals surface area (Å²) in [4.78, 5) is 0. The molecule has 0 spiro atoms. The maximum Gasteiger partial charge on any atom is 0.322 e. The summed E-state index contributed by atoms with van der Waals surface area (Å²) in [6.07, 6.45) is 2.06. The van der Waals surface area contributed by atoms with E-state index in [4.69, 9.17) is 48.8 Å². The van der Waals surface area contributed by atoms with Gasteiger partial charge in [0.05, 0.1) is 0 Å². The van der Waals surface area contributed by atoms with Crippen LogP contribution in [0.5, 0.6) is 0 Å². The molecule has 0 aromatic heterocycles. The van der Waals surface area contributed by atoms with Crippen LogP contribution >= 0.6 is 0 Å². The standard InChI is InChI=1S/C21H63NO9Si9.C5H15NSi/c1-32(2)24-34(5,6)26-36(9,10)28-38(13,14)30-40(17,18)31-39(15,16)29-37(11,12)27-35(7,8)25-33(3,4)23-21-19-20-22;1-7(2)5-3-4-6/h32H,19-22H2,1-18H3;7H,3-6H2,1-2H3. The second-order valence-corrected chi connectivity index (χ2v) is 51.2. The Morgan fingerprint density at radius 3 is 0.915 bits per heavy atom. The highest BCUT2D eigenvalue weighted by Gasteiger charge is 2.49. The van der Waals surface area contributed by atoms with Gasteiger partial charge in [-0.15, -0.1) is 0 Å². The summed E-state index contributed by atoms with van der Waals surface area (Å²) >= 11 is 0. The van der Waals surface area contributed by atoms with Crippen LogP contribution < -0.4 is 11.5 Å². The molecule has 0 amide bonds. The van der Waals surface area contributed by atoms with E-state index in [1.54, 1.807) is 0 Å². The molecule has 0 bridgehead atoms. The molecule has 4 N–H and O–H groups in total. The van der Waals surface area contributed by atoms with E-state index < -0.39 is 77.5 Å². The topological polar surface area (TPSA) is 135 Å². The van der Waals surface area contributed by atoms with Crippen LogP contribution in [0.1, 0.15) is 12.8 Å². The first-order valence-electron chi connectivity index (χ1n) is 17.3. The van der Waals surface area contributed by atoms with Crippen LogP contribution in [-0.2, 0) is 37.3 Å². The Bertz CT molecular complexity index is 882. The highest BCUT2D eigenvalue weighted by atomic mass is 28.5. The number of hydrogen-bond acceptors (Lipinski definition) is 11. The smallest absolute Gasteiger partial charge is 0.322 e. The second-order valence-electron chi connectivity index (χ2n) is 16.4. The quantitative estimate of drug-likeness (QED) is 0.0822. The van der Waals surface area contributed by atoms with E-state index in [0.717, 1.165) is 13.0 Å². The van der Waals surface area contributed by atoms with Crippen LogP contribution in [0.25, 0.3) is 0 Å². The third-order valence-electron chi connectivity index (χ3n) is 5.74. The van der Waals surface area contributed by atoms with Crippen molar-refractivity contribution in [3.05, 3.63) is 0 Å². The van der Waals surface area contributed by atoms with Crippen LogP contribution in [0.15, 0.2) is 0 Å². The van der Waals surface area contributed by atoms with Gasteiger partial charge in [-0.2, -0.15) is 0 Å². The highest BCUT2D eigenvalue weighted by Crippen LogP contribution is 2.29. The zero-order valence-electron chi connectivity index (χ0n) is 34.2. The van der Waals surface area contributed by atoms with Crippen LogP contribution in [0.2, 0.25) is 137 Å². The first-order valence-corrected chi connectivity index (χ1v) is 45.8. The summed E-state index contributed by atoms with van der Waals surface area (Å²) in [7, 11) is -21.5. The Morgan fingerprint density at radius 2 is 0.681 bits per heavy atom. The molecule has 47 heavy (non-hydrogen) atoms. The lowest BCUT2D eigenvalue weighted by Gasteiger charge is -2.44. The SMILES string of the molecule is C[SiH](C)CCCN.C[SiH](C)O[Si](C)(C)O[Si](C)(C)O[Si](C)(C)O[Si](C)(C)O[Si](C)(C)O[Si](C)(C)O[Si](C)(C)O[Si](C)(C)OCCCN. The zero-order valence-corrected chi connectivity index (χ0v) is 44.5. The lowest BCUT2D eigenvalue weighted by atomic mass is 10.5. The molecule has 0 rings (SSSR count). The molecule has 0 saturated carbocycles. The van der Waals surface area contributed by atoms with E-state index in [9.17, 15) is 0 Å². The molecule has 0 radical (unpaired) electrons. The van der Waals surface area contributed by atoms with E-state index in [0.29, 0.717) is 13.2 Å². The van der Waals surface area contributed by atoms with Crippen LogP contribution in [0.4, 0.5) is 0 Å². The van der Waals surface area contributed by atoms with Gasteiger partial charge in [-0.25, -0.2) is 0 Å². The Balaban J connectivity index is 0. The molecule has 21 heteroatoms. The average molecular weight is 844 g/mol. The molecule has 11 nitrogen and oxygen atoms in total. The summed E-state index contributed by atoms with van der Waals surface area (Å²) in [5.41, 5.74) is 10.9. The monoisotopic (exact) mass is 842 g/mol. The Kier molecular flexibility index (Phi) is 22.5. The van der Waals surface area contributed by atoms with Gasteiger partial charge in [-0.05, 0) is 144 Å². The zero-order chi connectivity index (χ0) is 37.8. The Morgan fingerprint density at radius 1 is 0.404 bits per heavy atom. The molecule has 0 saturated heterocycles. The molecule has 0 aromatic rings. The van der Waals surface area contributed by atoms with Crippen LogP contribution in [-0.4, -0.2) is 106 Å². The van der Waals surface area contributed by atoms with E-state index in [-0.39, 0.29) is 8.80 Å². The first-order chi connectivity index (χ1) is 20.7. The van der Waals surface area contributed by atoms with Gasteiger partial charge in [0.25, 0.3) is 0 Å². The molecule has 0 unspecified atom stereocenters. The fourth-order valence-corrected chi connectivity index (χ4v) is 49.3. The highest BCUT2D eigenvalue weighted by molar-refractivity contribution is 6.92. The van der Waals surface area contributed by atoms with Gasteiger partial charge in [-0.3, -0.25) is 0 Å². The minimum Gasteiger partial charge on any atom is -0.440 e. The largest absolute Gasteiger partial charge is 0.440 e. The van der Waals surface area contributed by atoms with E-state index in [2.05, 4.69) is 131 Å². The van der Waals surface area contributed by atoms with Gasteiger partial charge >= 0.3 is 68.5 Å². The third kappa shape index (κ3) is 28.9. The number of nitrogens with two attached hydrogens (primary N) is 2. The van der Waals surface area contributed by atoms with Crippen molar-refractivity contribution in [3.8, 4) is 0 Å². The molecule has 0 aliphatic heterocycles. The summed E-state index contributed by atoms with van der Waals surface area (Å²) in [5.74, 6) is 0. The molecular formula is C26H78N2O9Si10. The fraction of sp³-hybridized carbons (Fsp3) is 1.00. The van der Waals surface area contributed by atoms with Crippen molar-refractivity contribution in [2.45, 2.75) is 150 Å². The molecule has 0 aliphatic carbocycles. The predicted molar refractivity (Wildman–Crippen MR) is 224 cm³/mol. The van der Waals surface area contributed by atoms with Crippen LogP contribution in [0, 0.1) is 0 Å². The van der Waals surface area contributed by atoms with Gasteiger partial charge in [0.2, 0.25) is 0 Å². The molecule has 0 fully saturated rings. The van der Waals surface area contributed by atoms with Gasteiger partial charge in [0, 0.05) is 15.4 Å². The molecule has 0 atom stereocenters. The van der Waals surface area contributed by atoms with Crippen molar-refractivity contribution in [1.29, 1.82) is 0 Å². The third-order valence-corrected chi connectivity index (χ3v) is 39.9. The van der Waals surface area contributed by atoms with Gasteiger partial charge in [-0.1, -0.05) is 19.1 Å². The van der Waals surface area contributed by atoms with E-state index >= 15 is 0 Å². The molecule has 0 heterocycles.